The van der Waals surface area contributed by atoms with Crippen LogP contribution in [0, 0.1) is 0 Å². The molecule has 0 rings (SSSR count). The zero-order valence-electron chi connectivity index (χ0n) is 9.10. The minimum absolute atomic E-state index is 0.450. The summed E-state index contributed by atoms with van der Waals surface area (Å²) in [4.78, 5) is 0. The van der Waals surface area contributed by atoms with Gasteiger partial charge in [-0.3, -0.25) is 0 Å². The summed E-state index contributed by atoms with van der Waals surface area (Å²) in [5, 5.41) is 13.0. The van der Waals surface area contributed by atoms with Gasteiger partial charge in [0.15, 0.2) is 0 Å². The first-order valence-electron chi connectivity index (χ1n) is 5.19. The van der Waals surface area contributed by atoms with Crippen molar-refractivity contribution in [2.45, 2.75) is 39.2 Å². The van der Waals surface area contributed by atoms with Gasteiger partial charge in [-0.25, -0.2) is 0 Å². The zero-order chi connectivity index (χ0) is 10.2. The molecule has 0 unspecified atom stereocenters. The van der Waals surface area contributed by atoms with Crippen molar-refractivity contribution in [1.29, 1.82) is 0 Å². The van der Waals surface area contributed by atoms with E-state index in [1.807, 2.05) is 13.8 Å². The monoisotopic (exact) mass is 189 g/mol. The predicted octanol–water partition coefficient (Wildman–Crippen LogP) is 1.16. The van der Waals surface area contributed by atoms with Crippen molar-refractivity contribution in [3.63, 3.8) is 0 Å². The van der Waals surface area contributed by atoms with Crippen LogP contribution in [0.15, 0.2) is 0 Å². The molecule has 0 aliphatic rings. The Kier molecular flexibility index (Phi) is 7.23. The van der Waals surface area contributed by atoms with Crippen LogP contribution in [0.3, 0.4) is 0 Å². The van der Waals surface area contributed by atoms with Crippen LogP contribution in [0.4, 0.5) is 0 Å². The van der Waals surface area contributed by atoms with E-state index in [9.17, 15) is 5.11 Å². The minimum Gasteiger partial charge on any atom is -0.388 e. The third-order valence-electron chi connectivity index (χ3n) is 2.36. The van der Waals surface area contributed by atoms with Gasteiger partial charge < -0.3 is 15.2 Å². The first-order chi connectivity index (χ1) is 6.18. The number of rotatable bonds is 8. The van der Waals surface area contributed by atoms with E-state index in [0.717, 1.165) is 25.9 Å². The highest BCUT2D eigenvalue weighted by Gasteiger charge is 2.21. The van der Waals surface area contributed by atoms with Crippen molar-refractivity contribution in [3.05, 3.63) is 0 Å². The fourth-order valence-electron chi connectivity index (χ4n) is 1.04. The molecule has 0 bridgehead atoms. The predicted molar refractivity (Wildman–Crippen MR) is 54.9 cm³/mol. The summed E-state index contributed by atoms with van der Waals surface area (Å²) in [6, 6.07) is 0. The van der Waals surface area contributed by atoms with E-state index in [2.05, 4.69) is 12.2 Å². The maximum absolute atomic E-state index is 9.84. The van der Waals surface area contributed by atoms with Crippen LogP contribution < -0.4 is 5.32 Å². The first kappa shape index (κ1) is 12.9. The van der Waals surface area contributed by atoms with Gasteiger partial charge in [0.05, 0.1) is 18.8 Å². The Labute approximate surface area is 81.5 Å². The molecule has 0 aromatic rings. The fourth-order valence-corrected chi connectivity index (χ4v) is 1.04. The number of nitrogens with one attached hydrogen (secondary N) is 1. The molecule has 0 atom stereocenters. The molecule has 0 spiro atoms. The minimum atomic E-state index is -0.619. The Morgan fingerprint density at radius 3 is 2.31 bits per heavy atom. The summed E-state index contributed by atoms with van der Waals surface area (Å²) in [7, 11) is 0. The number of hydrogen-bond acceptors (Lipinski definition) is 3. The van der Waals surface area contributed by atoms with E-state index in [1.54, 1.807) is 0 Å². The third-order valence-corrected chi connectivity index (χ3v) is 2.36. The van der Waals surface area contributed by atoms with Crippen molar-refractivity contribution in [2.24, 2.45) is 0 Å². The number of aliphatic hydroxyl groups is 1. The SMILES string of the molecule is CCNCCOCC(O)(CC)CC. The Morgan fingerprint density at radius 2 is 1.85 bits per heavy atom. The van der Waals surface area contributed by atoms with Gasteiger partial charge in [-0.05, 0) is 19.4 Å². The average Bonchev–Trinajstić information content (AvgIpc) is 2.17. The zero-order valence-corrected chi connectivity index (χ0v) is 9.10. The Bertz CT molecular complexity index is 113. The lowest BCUT2D eigenvalue weighted by Gasteiger charge is -2.24. The molecule has 0 saturated carbocycles. The summed E-state index contributed by atoms with van der Waals surface area (Å²) < 4.78 is 5.37. The molecule has 0 aromatic carbocycles. The van der Waals surface area contributed by atoms with E-state index in [1.165, 1.54) is 0 Å². The van der Waals surface area contributed by atoms with E-state index in [0.29, 0.717) is 13.2 Å². The highest BCUT2D eigenvalue weighted by molar-refractivity contribution is 4.73. The quantitative estimate of drug-likeness (QED) is 0.563. The second kappa shape index (κ2) is 7.30. The highest BCUT2D eigenvalue weighted by atomic mass is 16.5. The van der Waals surface area contributed by atoms with Crippen LogP contribution in [0.25, 0.3) is 0 Å². The van der Waals surface area contributed by atoms with Crippen LogP contribution in [0.2, 0.25) is 0 Å². The van der Waals surface area contributed by atoms with Crippen LogP contribution in [-0.4, -0.2) is 37.0 Å². The van der Waals surface area contributed by atoms with Gasteiger partial charge >= 0.3 is 0 Å². The molecule has 0 radical (unpaired) electrons. The van der Waals surface area contributed by atoms with Gasteiger partial charge in [0.2, 0.25) is 0 Å². The molecule has 0 aliphatic heterocycles. The molecule has 3 heteroatoms. The number of ether oxygens (including phenoxy) is 1. The molecule has 13 heavy (non-hydrogen) atoms. The summed E-state index contributed by atoms with van der Waals surface area (Å²) in [5.74, 6) is 0. The van der Waals surface area contributed by atoms with E-state index >= 15 is 0 Å². The molecule has 0 saturated heterocycles. The van der Waals surface area contributed by atoms with Crippen molar-refractivity contribution >= 4 is 0 Å². The lowest BCUT2D eigenvalue weighted by Crippen LogP contribution is -2.34. The van der Waals surface area contributed by atoms with E-state index in [4.69, 9.17) is 4.74 Å². The molecular formula is C10H23NO2. The third kappa shape index (κ3) is 6.02. The Morgan fingerprint density at radius 1 is 1.23 bits per heavy atom. The number of hydrogen-bond donors (Lipinski definition) is 2. The lowest BCUT2D eigenvalue weighted by atomic mass is 9.99. The van der Waals surface area contributed by atoms with Crippen molar-refractivity contribution in [3.8, 4) is 0 Å². The van der Waals surface area contributed by atoms with Gasteiger partial charge in [0, 0.05) is 6.54 Å². The summed E-state index contributed by atoms with van der Waals surface area (Å²) in [6.07, 6.45) is 1.51. The average molecular weight is 189 g/mol. The molecule has 0 amide bonds. The smallest absolute Gasteiger partial charge is 0.0874 e. The highest BCUT2D eigenvalue weighted by Crippen LogP contribution is 2.14. The molecule has 0 fully saturated rings. The largest absolute Gasteiger partial charge is 0.388 e. The van der Waals surface area contributed by atoms with Gasteiger partial charge in [0.25, 0.3) is 0 Å². The molecule has 0 aliphatic carbocycles. The van der Waals surface area contributed by atoms with Crippen LogP contribution in [0.5, 0.6) is 0 Å². The normalized spacial score (nSPS) is 12.0. The fraction of sp³-hybridized carbons (Fsp3) is 1.00. The standard InChI is InChI=1S/C10H23NO2/c1-4-10(12,5-2)9-13-8-7-11-6-3/h11-12H,4-9H2,1-3H3. The maximum Gasteiger partial charge on any atom is 0.0874 e. The van der Waals surface area contributed by atoms with Gasteiger partial charge in [-0.15, -0.1) is 0 Å². The Balaban J connectivity index is 3.39. The van der Waals surface area contributed by atoms with Crippen molar-refractivity contribution in [2.75, 3.05) is 26.3 Å². The lowest BCUT2D eigenvalue weighted by molar-refractivity contribution is -0.0501. The van der Waals surface area contributed by atoms with Gasteiger partial charge in [-0.2, -0.15) is 0 Å². The van der Waals surface area contributed by atoms with Crippen LogP contribution >= 0.6 is 0 Å². The number of likely N-dealkylation sites (N-methyl/N-ethyl adjacent to an activating group) is 1. The molecule has 0 aromatic heterocycles. The Hall–Kier alpha value is -0.120. The first-order valence-corrected chi connectivity index (χ1v) is 5.19. The summed E-state index contributed by atoms with van der Waals surface area (Å²) in [6.45, 7) is 8.99. The topological polar surface area (TPSA) is 41.5 Å². The summed E-state index contributed by atoms with van der Waals surface area (Å²) >= 11 is 0. The maximum atomic E-state index is 9.84. The molecule has 2 N–H and O–H groups in total. The second-order valence-corrected chi connectivity index (χ2v) is 3.34. The van der Waals surface area contributed by atoms with Crippen LogP contribution in [-0.2, 0) is 4.74 Å². The van der Waals surface area contributed by atoms with E-state index in [-0.39, 0.29) is 0 Å². The van der Waals surface area contributed by atoms with Crippen molar-refractivity contribution in [1.82, 2.24) is 5.32 Å². The van der Waals surface area contributed by atoms with Crippen LogP contribution in [0.1, 0.15) is 33.6 Å². The molecule has 80 valence electrons. The van der Waals surface area contributed by atoms with E-state index < -0.39 is 5.60 Å². The van der Waals surface area contributed by atoms with Gasteiger partial charge in [-0.1, -0.05) is 20.8 Å². The molecule has 3 nitrogen and oxygen atoms in total. The summed E-state index contributed by atoms with van der Waals surface area (Å²) in [5.41, 5.74) is -0.619. The van der Waals surface area contributed by atoms with Crippen molar-refractivity contribution < 1.29 is 9.84 Å². The second-order valence-electron chi connectivity index (χ2n) is 3.34. The van der Waals surface area contributed by atoms with Gasteiger partial charge in [0.1, 0.15) is 0 Å². The molecular weight excluding hydrogens is 166 g/mol. The molecule has 0 heterocycles.